The molecule has 0 unspecified atom stereocenters. The third kappa shape index (κ3) is 3.21. The molecule has 0 fully saturated rings. The number of carbonyl (C=O) groups is 1. The second-order valence-corrected chi connectivity index (χ2v) is 5.02. The highest BCUT2D eigenvalue weighted by molar-refractivity contribution is 9.10. The highest BCUT2D eigenvalue weighted by atomic mass is 79.9. The molecule has 0 spiro atoms. The summed E-state index contributed by atoms with van der Waals surface area (Å²) in [6, 6.07) is 14.4. The second kappa shape index (κ2) is 5.68. The van der Waals surface area contributed by atoms with Crippen molar-refractivity contribution < 1.29 is 4.79 Å². The van der Waals surface area contributed by atoms with Gasteiger partial charge in [0.25, 0.3) is 5.91 Å². The molecule has 1 amide bonds. The summed E-state index contributed by atoms with van der Waals surface area (Å²) < 4.78 is 0.850. The van der Waals surface area contributed by atoms with E-state index in [1.165, 1.54) is 0 Å². The predicted octanol–water partition coefficient (Wildman–Crippen LogP) is 3.88. The summed E-state index contributed by atoms with van der Waals surface area (Å²) in [6.45, 7) is 1.89. The Bertz CT molecular complexity index is 674. The normalized spacial score (nSPS) is 9.74. The largest absolute Gasteiger partial charge is 0.322 e. The highest BCUT2D eigenvalue weighted by Crippen LogP contribution is 2.18. The molecule has 0 aliphatic rings. The Hall–Kier alpha value is -2.12. The summed E-state index contributed by atoms with van der Waals surface area (Å²) in [6.07, 6.45) is 0. The number of nitrogens with one attached hydrogen (secondary N) is 1. The first kappa shape index (κ1) is 13.3. The van der Waals surface area contributed by atoms with E-state index in [4.69, 9.17) is 5.26 Å². The standard InChI is InChI=1S/C15H11BrN2O/c1-10-5-6-11(9-17)7-14(10)18-15(19)12-3-2-4-13(16)8-12/h2-8H,1H3,(H,18,19). The number of halogens is 1. The molecule has 19 heavy (non-hydrogen) atoms. The van der Waals surface area contributed by atoms with Crippen molar-refractivity contribution in [3.05, 3.63) is 63.6 Å². The minimum Gasteiger partial charge on any atom is -0.322 e. The first-order valence-electron chi connectivity index (χ1n) is 5.68. The Morgan fingerprint density at radius 3 is 2.74 bits per heavy atom. The van der Waals surface area contributed by atoms with Crippen LogP contribution in [0.2, 0.25) is 0 Å². The number of nitriles is 1. The molecule has 3 nitrogen and oxygen atoms in total. The summed E-state index contributed by atoms with van der Waals surface area (Å²) in [5.74, 6) is -0.195. The number of nitrogens with zero attached hydrogens (tertiary/aromatic N) is 1. The average Bonchev–Trinajstić information content (AvgIpc) is 2.41. The Morgan fingerprint density at radius 2 is 2.05 bits per heavy atom. The minimum atomic E-state index is -0.195. The van der Waals surface area contributed by atoms with E-state index in [9.17, 15) is 4.79 Å². The van der Waals surface area contributed by atoms with Gasteiger partial charge in [-0.1, -0.05) is 28.1 Å². The lowest BCUT2D eigenvalue weighted by atomic mass is 10.1. The van der Waals surface area contributed by atoms with E-state index in [1.807, 2.05) is 19.1 Å². The van der Waals surface area contributed by atoms with Crippen LogP contribution in [0.3, 0.4) is 0 Å². The van der Waals surface area contributed by atoms with Gasteiger partial charge in [0.15, 0.2) is 0 Å². The van der Waals surface area contributed by atoms with Crippen LogP contribution in [0.1, 0.15) is 21.5 Å². The maximum Gasteiger partial charge on any atom is 0.255 e. The molecule has 2 aromatic rings. The average molecular weight is 315 g/mol. The maximum atomic E-state index is 12.1. The van der Waals surface area contributed by atoms with Crippen molar-refractivity contribution in [2.75, 3.05) is 5.32 Å². The van der Waals surface area contributed by atoms with Gasteiger partial charge in [0, 0.05) is 15.7 Å². The van der Waals surface area contributed by atoms with Crippen LogP contribution < -0.4 is 5.32 Å². The number of hydrogen-bond donors (Lipinski definition) is 1. The van der Waals surface area contributed by atoms with Crippen LogP contribution in [-0.2, 0) is 0 Å². The third-order valence-electron chi connectivity index (χ3n) is 2.70. The van der Waals surface area contributed by atoms with E-state index in [1.54, 1.807) is 30.3 Å². The van der Waals surface area contributed by atoms with Gasteiger partial charge >= 0.3 is 0 Å². The van der Waals surface area contributed by atoms with E-state index < -0.39 is 0 Å². The molecule has 0 aliphatic heterocycles. The molecule has 0 aliphatic carbocycles. The molecule has 2 rings (SSSR count). The lowest BCUT2D eigenvalue weighted by molar-refractivity contribution is 0.102. The molecule has 0 atom stereocenters. The fourth-order valence-corrected chi connectivity index (χ4v) is 2.05. The summed E-state index contributed by atoms with van der Waals surface area (Å²) in [7, 11) is 0. The predicted molar refractivity (Wildman–Crippen MR) is 78.0 cm³/mol. The second-order valence-electron chi connectivity index (χ2n) is 4.11. The first-order chi connectivity index (χ1) is 9.10. The van der Waals surface area contributed by atoms with Crippen LogP contribution in [0.5, 0.6) is 0 Å². The van der Waals surface area contributed by atoms with Gasteiger partial charge in [-0.15, -0.1) is 0 Å². The molecule has 0 aromatic heterocycles. The number of benzene rings is 2. The zero-order valence-electron chi connectivity index (χ0n) is 10.3. The lowest BCUT2D eigenvalue weighted by Crippen LogP contribution is -2.12. The van der Waals surface area contributed by atoms with Crippen molar-refractivity contribution >= 4 is 27.5 Å². The Kier molecular flexibility index (Phi) is 3.98. The van der Waals surface area contributed by atoms with E-state index >= 15 is 0 Å². The molecular weight excluding hydrogens is 304 g/mol. The fraction of sp³-hybridized carbons (Fsp3) is 0.0667. The number of amides is 1. The fourth-order valence-electron chi connectivity index (χ4n) is 1.65. The van der Waals surface area contributed by atoms with E-state index in [2.05, 4.69) is 27.3 Å². The molecule has 0 saturated carbocycles. The Morgan fingerprint density at radius 1 is 1.26 bits per heavy atom. The quantitative estimate of drug-likeness (QED) is 0.914. The van der Waals surface area contributed by atoms with E-state index in [0.717, 1.165) is 10.0 Å². The SMILES string of the molecule is Cc1ccc(C#N)cc1NC(=O)c1cccc(Br)c1. The highest BCUT2D eigenvalue weighted by Gasteiger charge is 2.08. The summed E-state index contributed by atoms with van der Waals surface area (Å²) in [5.41, 5.74) is 2.66. The van der Waals surface area contributed by atoms with Crippen molar-refractivity contribution in [1.82, 2.24) is 0 Å². The van der Waals surface area contributed by atoms with Crippen LogP contribution in [0, 0.1) is 18.3 Å². The zero-order valence-corrected chi connectivity index (χ0v) is 11.9. The molecule has 94 valence electrons. The first-order valence-corrected chi connectivity index (χ1v) is 6.47. The van der Waals surface area contributed by atoms with Gasteiger partial charge in [-0.3, -0.25) is 4.79 Å². The number of carbonyl (C=O) groups excluding carboxylic acids is 1. The maximum absolute atomic E-state index is 12.1. The molecule has 0 heterocycles. The third-order valence-corrected chi connectivity index (χ3v) is 3.19. The van der Waals surface area contributed by atoms with Crippen LogP contribution in [-0.4, -0.2) is 5.91 Å². The van der Waals surface area contributed by atoms with Gasteiger partial charge in [0.05, 0.1) is 11.6 Å². The Balaban J connectivity index is 2.27. The van der Waals surface area contributed by atoms with Crippen molar-refractivity contribution in [3.63, 3.8) is 0 Å². The van der Waals surface area contributed by atoms with Crippen LogP contribution >= 0.6 is 15.9 Å². The molecule has 1 N–H and O–H groups in total. The molecule has 4 heteroatoms. The molecule has 0 saturated heterocycles. The van der Waals surface area contributed by atoms with E-state index in [-0.39, 0.29) is 5.91 Å². The summed E-state index contributed by atoms with van der Waals surface area (Å²) >= 11 is 3.33. The number of rotatable bonds is 2. The smallest absolute Gasteiger partial charge is 0.255 e. The zero-order chi connectivity index (χ0) is 13.8. The van der Waals surface area contributed by atoms with Crippen molar-refractivity contribution in [2.24, 2.45) is 0 Å². The monoisotopic (exact) mass is 314 g/mol. The van der Waals surface area contributed by atoms with Gasteiger partial charge in [0.2, 0.25) is 0 Å². The van der Waals surface area contributed by atoms with Gasteiger partial charge in [-0.25, -0.2) is 0 Å². The van der Waals surface area contributed by atoms with Gasteiger partial charge in [-0.05, 0) is 42.8 Å². The molecule has 0 radical (unpaired) electrons. The van der Waals surface area contributed by atoms with Crippen molar-refractivity contribution in [3.8, 4) is 6.07 Å². The number of anilines is 1. The molecular formula is C15H11BrN2O. The number of aryl methyl sites for hydroxylation is 1. The van der Waals surface area contributed by atoms with Crippen LogP contribution in [0.15, 0.2) is 46.9 Å². The van der Waals surface area contributed by atoms with Crippen molar-refractivity contribution in [2.45, 2.75) is 6.92 Å². The molecule has 2 aromatic carbocycles. The lowest BCUT2D eigenvalue weighted by Gasteiger charge is -2.09. The van der Waals surface area contributed by atoms with Gasteiger partial charge in [-0.2, -0.15) is 5.26 Å². The van der Waals surface area contributed by atoms with Crippen molar-refractivity contribution in [1.29, 1.82) is 5.26 Å². The summed E-state index contributed by atoms with van der Waals surface area (Å²) in [5, 5.41) is 11.7. The van der Waals surface area contributed by atoms with Crippen LogP contribution in [0.25, 0.3) is 0 Å². The van der Waals surface area contributed by atoms with Gasteiger partial charge in [0.1, 0.15) is 0 Å². The molecule has 0 bridgehead atoms. The Labute approximate surface area is 120 Å². The number of hydrogen-bond acceptors (Lipinski definition) is 2. The van der Waals surface area contributed by atoms with Gasteiger partial charge < -0.3 is 5.32 Å². The minimum absolute atomic E-state index is 0.195. The topological polar surface area (TPSA) is 52.9 Å². The van der Waals surface area contributed by atoms with E-state index in [0.29, 0.717) is 16.8 Å². The summed E-state index contributed by atoms with van der Waals surface area (Å²) in [4.78, 5) is 12.1. The van der Waals surface area contributed by atoms with Crippen LogP contribution in [0.4, 0.5) is 5.69 Å².